The first kappa shape index (κ1) is 18.6. The van der Waals surface area contributed by atoms with Crippen molar-refractivity contribution in [2.75, 3.05) is 17.7 Å². The number of benzene rings is 2. The van der Waals surface area contributed by atoms with Gasteiger partial charge in [0.05, 0.1) is 25.6 Å². The van der Waals surface area contributed by atoms with Crippen LogP contribution in [-0.2, 0) is 22.4 Å². The van der Waals surface area contributed by atoms with Crippen LogP contribution in [0.15, 0.2) is 60.0 Å². The van der Waals surface area contributed by atoms with Crippen LogP contribution in [0.5, 0.6) is 5.75 Å². The third-order valence-electron chi connectivity index (χ3n) is 3.72. The van der Waals surface area contributed by atoms with E-state index in [0.29, 0.717) is 16.5 Å². The van der Waals surface area contributed by atoms with Crippen molar-refractivity contribution in [3.63, 3.8) is 0 Å². The summed E-state index contributed by atoms with van der Waals surface area (Å²) in [4.78, 5) is 28.5. The van der Waals surface area contributed by atoms with E-state index >= 15 is 0 Å². The number of nitrogens with zero attached hydrogens (tertiary/aromatic N) is 1. The first-order chi connectivity index (χ1) is 13.1. The summed E-state index contributed by atoms with van der Waals surface area (Å²) in [7, 11) is 1.59. The van der Waals surface area contributed by atoms with Crippen LogP contribution in [0.25, 0.3) is 0 Å². The Hall–Kier alpha value is -3.19. The number of aromatic nitrogens is 1. The van der Waals surface area contributed by atoms with Crippen LogP contribution in [0, 0.1) is 0 Å². The molecule has 27 heavy (non-hydrogen) atoms. The van der Waals surface area contributed by atoms with Gasteiger partial charge >= 0.3 is 0 Å². The number of rotatable bonds is 7. The summed E-state index contributed by atoms with van der Waals surface area (Å²) in [6, 6.07) is 16.6. The van der Waals surface area contributed by atoms with Gasteiger partial charge < -0.3 is 15.4 Å². The highest BCUT2D eigenvalue weighted by Gasteiger charge is 2.11. The summed E-state index contributed by atoms with van der Waals surface area (Å²) >= 11 is 1.30. The fourth-order valence-electron chi connectivity index (χ4n) is 2.43. The summed E-state index contributed by atoms with van der Waals surface area (Å²) in [5.41, 5.74) is 2.24. The molecule has 0 atom stereocenters. The third-order valence-corrected chi connectivity index (χ3v) is 4.53. The summed E-state index contributed by atoms with van der Waals surface area (Å²) in [5.74, 6) is 0.417. The van der Waals surface area contributed by atoms with E-state index < -0.39 is 0 Å². The Morgan fingerprint density at radius 2 is 1.67 bits per heavy atom. The van der Waals surface area contributed by atoms with E-state index in [1.807, 2.05) is 30.3 Å². The van der Waals surface area contributed by atoms with Gasteiger partial charge in [-0.15, -0.1) is 11.3 Å². The zero-order valence-corrected chi connectivity index (χ0v) is 15.6. The number of hydrogen-bond acceptors (Lipinski definition) is 5. The van der Waals surface area contributed by atoms with Gasteiger partial charge in [0.25, 0.3) is 0 Å². The van der Waals surface area contributed by atoms with E-state index in [1.165, 1.54) is 11.3 Å². The van der Waals surface area contributed by atoms with Gasteiger partial charge in [0.15, 0.2) is 5.13 Å². The lowest BCUT2D eigenvalue weighted by Crippen LogP contribution is -2.15. The van der Waals surface area contributed by atoms with Crippen molar-refractivity contribution in [2.45, 2.75) is 12.8 Å². The molecule has 0 spiro atoms. The molecular formula is C20H19N3O3S. The van der Waals surface area contributed by atoms with Crippen LogP contribution in [0.1, 0.15) is 11.3 Å². The lowest BCUT2D eigenvalue weighted by molar-refractivity contribution is -0.116. The van der Waals surface area contributed by atoms with Gasteiger partial charge in [-0.3, -0.25) is 9.59 Å². The van der Waals surface area contributed by atoms with Crippen LogP contribution in [0.3, 0.4) is 0 Å². The lowest BCUT2D eigenvalue weighted by atomic mass is 10.1. The van der Waals surface area contributed by atoms with Gasteiger partial charge in [-0.1, -0.05) is 30.3 Å². The number of methoxy groups -OCH3 is 1. The molecule has 2 amide bonds. The number of anilines is 2. The number of carbonyl (C=O) groups is 2. The van der Waals surface area contributed by atoms with Gasteiger partial charge in [0, 0.05) is 11.1 Å². The molecule has 0 saturated carbocycles. The molecule has 3 aromatic rings. The maximum Gasteiger partial charge on any atom is 0.230 e. The van der Waals surface area contributed by atoms with Gasteiger partial charge in [0.1, 0.15) is 5.75 Å². The summed E-state index contributed by atoms with van der Waals surface area (Å²) in [6.07, 6.45) is 0.421. The zero-order valence-electron chi connectivity index (χ0n) is 14.8. The standard InChI is InChI=1S/C20H19N3O3S/c1-26-17-9-7-15(8-10-17)21-19(25)12-16-13-27-20(22-16)23-18(24)11-14-5-3-2-4-6-14/h2-10,13H,11-12H2,1H3,(H,21,25)(H,22,23,24). The van der Waals surface area contributed by atoms with E-state index in [1.54, 1.807) is 36.8 Å². The van der Waals surface area contributed by atoms with Crippen LogP contribution in [0.4, 0.5) is 10.8 Å². The highest BCUT2D eigenvalue weighted by atomic mass is 32.1. The molecule has 3 rings (SSSR count). The molecule has 0 aliphatic carbocycles. The Labute approximate surface area is 161 Å². The Morgan fingerprint density at radius 1 is 0.963 bits per heavy atom. The number of carbonyl (C=O) groups excluding carboxylic acids is 2. The van der Waals surface area contributed by atoms with Crippen molar-refractivity contribution < 1.29 is 14.3 Å². The molecule has 0 saturated heterocycles. The number of nitrogens with one attached hydrogen (secondary N) is 2. The zero-order chi connectivity index (χ0) is 19.1. The van der Waals surface area contributed by atoms with E-state index in [9.17, 15) is 9.59 Å². The van der Waals surface area contributed by atoms with Crippen molar-refractivity contribution in [2.24, 2.45) is 0 Å². The smallest absolute Gasteiger partial charge is 0.230 e. The SMILES string of the molecule is COc1ccc(NC(=O)Cc2csc(NC(=O)Cc3ccccc3)n2)cc1. The third kappa shape index (κ3) is 5.65. The van der Waals surface area contributed by atoms with Gasteiger partial charge in [-0.05, 0) is 29.8 Å². The van der Waals surface area contributed by atoms with Crippen molar-refractivity contribution in [1.82, 2.24) is 4.98 Å². The lowest BCUT2D eigenvalue weighted by Gasteiger charge is -2.05. The molecule has 6 nitrogen and oxygen atoms in total. The van der Waals surface area contributed by atoms with Crippen molar-refractivity contribution in [1.29, 1.82) is 0 Å². The summed E-state index contributed by atoms with van der Waals surface area (Å²) < 4.78 is 5.09. The van der Waals surface area contributed by atoms with Gasteiger partial charge in [-0.25, -0.2) is 4.98 Å². The minimum Gasteiger partial charge on any atom is -0.497 e. The van der Waals surface area contributed by atoms with E-state index in [4.69, 9.17) is 4.74 Å². The molecule has 138 valence electrons. The Bertz CT molecular complexity index is 908. The van der Waals surface area contributed by atoms with Gasteiger partial charge in [-0.2, -0.15) is 0 Å². The molecule has 7 heteroatoms. The average Bonchev–Trinajstić information content (AvgIpc) is 3.09. The molecule has 2 aromatic carbocycles. The van der Waals surface area contributed by atoms with Crippen molar-refractivity contribution in [3.05, 3.63) is 71.2 Å². The second-order valence-electron chi connectivity index (χ2n) is 5.81. The van der Waals surface area contributed by atoms with Crippen LogP contribution < -0.4 is 15.4 Å². The predicted molar refractivity (Wildman–Crippen MR) is 106 cm³/mol. The average molecular weight is 381 g/mol. The largest absolute Gasteiger partial charge is 0.497 e. The normalized spacial score (nSPS) is 10.3. The fourth-order valence-corrected chi connectivity index (χ4v) is 3.16. The summed E-state index contributed by atoms with van der Waals surface area (Å²) in [5, 5.41) is 7.84. The van der Waals surface area contributed by atoms with Gasteiger partial charge in [0.2, 0.25) is 11.8 Å². The monoisotopic (exact) mass is 381 g/mol. The first-order valence-corrected chi connectivity index (χ1v) is 9.22. The van der Waals surface area contributed by atoms with Crippen molar-refractivity contribution in [3.8, 4) is 5.75 Å². The van der Waals surface area contributed by atoms with Crippen LogP contribution in [0.2, 0.25) is 0 Å². The molecule has 0 radical (unpaired) electrons. The minimum absolute atomic E-state index is 0.134. The second-order valence-corrected chi connectivity index (χ2v) is 6.67. The summed E-state index contributed by atoms with van der Waals surface area (Å²) in [6.45, 7) is 0. The highest BCUT2D eigenvalue weighted by molar-refractivity contribution is 7.13. The number of ether oxygens (including phenoxy) is 1. The number of amides is 2. The Balaban J connectivity index is 1.50. The quantitative estimate of drug-likeness (QED) is 0.656. The maximum absolute atomic E-state index is 12.1. The maximum atomic E-state index is 12.1. The van der Waals surface area contributed by atoms with Crippen molar-refractivity contribution >= 4 is 34.0 Å². The first-order valence-electron chi connectivity index (χ1n) is 8.34. The molecule has 0 unspecified atom stereocenters. The molecule has 0 bridgehead atoms. The van der Waals surface area contributed by atoms with E-state index in [-0.39, 0.29) is 24.7 Å². The fraction of sp³-hybridized carbons (Fsp3) is 0.150. The number of hydrogen-bond donors (Lipinski definition) is 2. The topological polar surface area (TPSA) is 80.3 Å². The molecule has 0 fully saturated rings. The molecule has 1 aromatic heterocycles. The predicted octanol–water partition coefficient (Wildman–Crippen LogP) is 3.51. The molecule has 0 aliphatic heterocycles. The minimum atomic E-state index is -0.173. The second kappa shape index (κ2) is 8.95. The molecular weight excluding hydrogens is 362 g/mol. The highest BCUT2D eigenvalue weighted by Crippen LogP contribution is 2.18. The number of thiazole rings is 1. The Morgan fingerprint density at radius 3 is 2.37 bits per heavy atom. The Kier molecular flexibility index (Phi) is 6.17. The molecule has 0 aliphatic rings. The van der Waals surface area contributed by atoms with Crippen LogP contribution >= 0.6 is 11.3 Å². The van der Waals surface area contributed by atoms with Crippen LogP contribution in [-0.4, -0.2) is 23.9 Å². The van der Waals surface area contributed by atoms with E-state index in [0.717, 1.165) is 11.3 Å². The molecule has 2 N–H and O–H groups in total. The van der Waals surface area contributed by atoms with E-state index in [2.05, 4.69) is 15.6 Å². The molecule has 1 heterocycles.